The molecule has 1 aromatic heterocycles. The first-order valence-corrected chi connectivity index (χ1v) is 8.06. The normalized spacial score (nSPS) is 10.7. The number of methoxy groups -OCH3 is 1. The van der Waals surface area contributed by atoms with Crippen molar-refractivity contribution >= 4 is 17.6 Å². The molecule has 1 heterocycles. The van der Waals surface area contributed by atoms with E-state index in [1.54, 1.807) is 30.5 Å². The molecular formula is C19H16ClFN2O2. The maximum Gasteiger partial charge on any atom is 0.337 e. The van der Waals surface area contributed by atoms with Crippen LogP contribution in [-0.4, -0.2) is 22.6 Å². The lowest BCUT2D eigenvalue weighted by atomic mass is 10.1. The Bertz CT molecular complexity index is 870. The van der Waals surface area contributed by atoms with Gasteiger partial charge in [0.2, 0.25) is 0 Å². The highest BCUT2D eigenvalue weighted by atomic mass is 35.5. The van der Waals surface area contributed by atoms with Gasteiger partial charge in [-0.05, 0) is 29.8 Å². The summed E-state index contributed by atoms with van der Waals surface area (Å²) in [5.41, 5.74) is 1.92. The van der Waals surface area contributed by atoms with Crippen molar-refractivity contribution in [2.45, 2.75) is 13.0 Å². The standard InChI is InChI=1S/C19H16ClFN2O2/c1-25-19(24)14-7-5-13(6-8-14)12-23-10-9-22-18(23)11-15-16(20)3-2-4-17(15)21/h2-10H,11-12H2,1H3. The second-order valence-electron chi connectivity index (χ2n) is 5.54. The fraction of sp³-hybridized carbons (Fsp3) is 0.158. The van der Waals surface area contributed by atoms with Crippen molar-refractivity contribution < 1.29 is 13.9 Å². The Morgan fingerprint density at radius 1 is 1.24 bits per heavy atom. The number of carbonyl (C=O) groups excluding carboxylic acids is 1. The lowest BCUT2D eigenvalue weighted by Gasteiger charge is -2.10. The predicted molar refractivity (Wildman–Crippen MR) is 93.3 cm³/mol. The predicted octanol–water partition coefficient (Wildman–Crippen LogP) is 4.10. The van der Waals surface area contributed by atoms with Crippen molar-refractivity contribution in [1.82, 2.24) is 9.55 Å². The maximum atomic E-state index is 14.0. The Labute approximate surface area is 149 Å². The van der Waals surface area contributed by atoms with Crippen molar-refractivity contribution in [3.05, 3.63) is 88.2 Å². The number of rotatable bonds is 5. The first-order valence-electron chi connectivity index (χ1n) is 7.68. The summed E-state index contributed by atoms with van der Waals surface area (Å²) in [5, 5.41) is 0.386. The molecule has 0 saturated carbocycles. The summed E-state index contributed by atoms with van der Waals surface area (Å²) in [7, 11) is 1.35. The first-order chi connectivity index (χ1) is 12.1. The average Bonchev–Trinajstić information content (AvgIpc) is 3.05. The van der Waals surface area contributed by atoms with Crippen molar-refractivity contribution in [3.63, 3.8) is 0 Å². The van der Waals surface area contributed by atoms with Gasteiger partial charge in [-0.1, -0.05) is 29.8 Å². The van der Waals surface area contributed by atoms with Crippen molar-refractivity contribution in [2.24, 2.45) is 0 Å². The first kappa shape index (κ1) is 17.2. The summed E-state index contributed by atoms with van der Waals surface area (Å²) in [6.07, 6.45) is 3.81. The van der Waals surface area contributed by atoms with Crippen LogP contribution in [0.25, 0.3) is 0 Å². The molecule has 0 aliphatic rings. The minimum atomic E-state index is -0.371. The maximum absolute atomic E-state index is 14.0. The van der Waals surface area contributed by atoms with Crippen molar-refractivity contribution in [3.8, 4) is 0 Å². The van der Waals surface area contributed by atoms with Gasteiger partial charge in [-0.3, -0.25) is 0 Å². The van der Waals surface area contributed by atoms with E-state index in [1.165, 1.54) is 13.2 Å². The molecule has 0 atom stereocenters. The monoisotopic (exact) mass is 358 g/mol. The molecule has 0 spiro atoms. The van der Waals surface area contributed by atoms with Crippen LogP contribution in [0.1, 0.15) is 27.3 Å². The second-order valence-corrected chi connectivity index (χ2v) is 5.94. The van der Waals surface area contributed by atoms with E-state index in [-0.39, 0.29) is 11.8 Å². The number of ether oxygens (including phenoxy) is 1. The third-order valence-electron chi connectivity index (χ3n) is 3.93. The van der Waals surface area contributed by atoms with Gasteiger partial charge in [-0.15, -0.1) is 0 Å². The van der Waals surface area contributed by atoms with Gasteiger partial charge in [0.1, 0.15) is 11.6 Å². The number of hydrogen-bond donors (Lipinski definition) is 0. The minimum Gasteiger partial charge on any atom is -0.465 e. The molecule has 0 amide bonds. The molecule has 0 aliphatic carbocycles. The van der Waals surface area contributed by atoms with Crippen LogP contribution in [0.3, 0.4) is 0 Å². The Hall–Kier alpha value is -2.66. The van der Waals surface area contributed by atoms with E-state index >= 15 is 0 Å². The quantitative estimate of drug-likeness (QED) is 0.645. The number of nitrogens with zero attached hydrogens (tertiary/aromatic N) is 2. The van der Waals surface area contributed by atoms with Gasteiger partial charge in [0.15, 0.2) is 0 Å². The molecule has 0 saturated heterocycles. The molecule has 3 rings (SSSR count). The van der Waals surface area contributed by atoms with Crippen LogP contribution in [-0.2, 0) is 17.7 Å². The highest BCUT2D eigenvalue weighted by Gasteiger charge is 2.12. The second kappa shape index (κ2) is 7.49. The zero-order chi connectivity index (χ0) is 17.8. The van der Waals surface area contributed by atoms with Crippen LogP contribution in [0, 0.1) is 5.82 Å². The number of hydrogen-bond acceptors (Lipinski definition) is 3. The summed E-state index contributed by atoms with van der Waals surface area (Å²) in [6.45, 7) is 0.558. The third kappa shape index (κ3) is 3.88. The lowest BCUT2D eigenvalue weighted by Crippen LogP contribution is -2.07. The highest BCUT2D eigenvalue weighted by Crippen LogP contribution is 2.22. The average molecular weight is 359 g/mol. The SMILES string of the molecule is COC(=O)c1ccc(Cn2ccnc2Cc2c(F)cccc2Cl)cc1. The number of benzene rings is 2. The van der Waals surface area contributed by atoms with Gasteiger partial charge in [0.05, 0.1) is 12.7 Å². The van der Waals surface area contributed by atoms with Crippen LogP contribution < -0.4 is 0 Å². The molecule has 3 aromatic rings. The smallest absolute Gasteiger partial charge is 0.337 e. The van der Waals surface area contributed by atoms with Gasteiger partial charge < -0.3 is 9.30 Å². The van der Waals surface area contributed by atoms with E-state index in [0.29, 0.717) is 34.9 Å². The summed E-state index contributed by atoms with van der Waals surface area (Å²) in [4.78, 5) is 15.8. The van der Waals surface area contributed by atoms with Crippen molar-refractivity contribution in [1.29, 1.82) is 0 Å². The number of carbonyl (C=O) groups is 1. The van der Waals surface area contributed by atoms with Crippen LogP contribution in [0.15, 0.2) is 54.9 Å². The molecule has 2 aromatic carbocycles. The summed E-state index contributed by atoms with van der Waals surface area (Å²) < 4.78 is 20.6. The molecular weight excluding hydrogens is 343 g/mol. The Balaban J connectivity index is 1.79. The van der Waals surface area contributed by atoms with Gasteiger partial charge in [0, 0.05) is 35.9 Å². The van der Waals surface area contributed by atoms with E-state index in [1.807, 2.05) is 22.9 Å². The van der Waals surface area contributed by atoms with Crippen LogP contribution in [0.4, 0.5) is 4.39 Å². The number of esters is 1. The molecule has 25 heavy (non-hydrogen) atoms. The summed E-state index contributed by atoms with van der Waals surface area (Å²) in [5.74, 6) is -0.00223. The topological polar surface area (TPSA) is 44.1 Å². The van der Waals surface area contributed by atoms with Crippen LogP contribution >= 0.6 is 11.6 Å². The molecule has 0 N–H and O–H groups in total. The zero-order valence-electron chi connectivity index (χ0n) is 13.6. The molecule has 0 fully saturated rings. The molecule has 0 bridgehead atoms. The van der Waals surface area contributed by atoms with Gasteiger partial charge in [-0.2, -0.15) is 0 Å². The largest absolute Gasteiger partial charge is 0.465 e. The van der Waals surface area contributed by atoms with Gasteiger partial charge >= 0.3 is 5.97 Å². The zero-order valence-corrected chi connectivity index (χ0v) is 14.3. The molecule has 128 valence electrons. The fourth-order valence-corrected chi connectivity index (χ4v) is 2.80. The Morgan fingerprint density at radius 2 is 2.00 bits per heavy atom. The van der Waals surface area contributed by atoms with E-state index in [4.69, 9.17) is 11.6 Å². The van der Waals surface area contributed by atoms with Crippen LogP contribution in [0.2, 0.25) is 5.02 Å². The molecule has 0 unspecified atom stereocenters. The summed E-state index contributed by atoms with van der Waals surface area (Å²) >= 11 is 6.10. The van der Waals surface area contributed by atoms with E-state index < -0.39 is 0 Å². The molecule has 6 heteroatoms. The van der Waals surface area contributed by atoms with Gasteiger partial charge in [0.25, 0.3) is 0 Å². The molecule has 0 radical (unpaired) electrons. The number of imidazole rings is 1. The van der Waals surface area contributed by atoms with E-state index in [0.717, 1.165) is 5.56 Å². The minimum absolute atomic E-state index is 0.304. The summed E-state index contributed by atoms with van der Waals surface area (Å²) in [6, 6.07) is 11.8. The number of halogens is 2. The Kier molecular flexibility index (Phi) is 5.14. The Morgan fingerprint density at radius 3 is 2.68 bits per heavy atom. The van der Waals surface area contributed by atoms with Gasteiger partial charge in [-0.25, -0.2) is 14.2 Å². The fourth-order valence-electron chi connectivity index (χ4n) is 2.57. The lowest BCUT2D eigenvalue weighted by molar-refractivity contribution is 0.0600. The van der Waals surface area contributed by atoms with E-state index in [9.17, 15) is 9.18 Å². The van der Waals surface area contributed by atoms with Crippen molar-refractivity contribution in [2.75, 3.05) is 7.11 Å². The molecule has 0 aliphatic heterocycles. The van der Waals surface area contributed by atoms with E-state index in [2.05, 4.69) is 9.72 Å². The highest BCUT2D eigenvalue weighted by molar-refractivity contribution is 6.31. The molecule has 4 nitrogen and oxygen atoms in total. The number of aromatic nitrogens is 2. The van der Waals surface area contributed by atoms with Crippen LogP contribution in [0.5, 0.6) is 0 Å². The third-order valence-corrected chi connectivity index (χ3v) is 4.28.